The van der Waals surface area contributed by atoms with E-state index in [0.29, 0.717) is 5.56 Å². The van der Waals surface area contributed by atoms with E-state index < -0.39 is 17.1 Å². The second kappa shape index (κ2) is 6.19. The number of benzene rings is 2. The summed E-state index contributed by atoms with van der Waals surface area (Å²) in [5, 5.41) is 40.7. The standard InChI is InChI=1S/C19H20O7/c1-19(2,24)14(22)7-10-13(25-3)8-12(21)15-16(23)9-5-4-6-11(20)17(9)26-18(10)15/h4-6,8,14,20-22,24H,7H2,1-3H3/t14-/m0/s1. The van der Waals surface area contributed by atoms with Gasteiger partial charge in [-0.15, -0.1) is 0 Å². The second-order valence-electron chi connectivity index (χ2n) is 6.74. The van der Waals surface area contributed by atoms with Crippen molar-refractivity contribution in [2.75, 3.05) is 7.11 Å². The SMILES string of the molecule is COc1cc(O)c2c(=O)c3cccc(O)c3oc2c1C[C@H](O)C(C)(C)O. The van der Waals surface area contributed by atoms with E-state index in [9.17, 15) is 25.2 Å². The van der Waals surface area contributed by atoms with Crippen LogP contribution in [0.4, 0.5) is 0 Å². The van der Waals surface area contributed by atoms with Crippen molar-refractivity contribution in [2.24, 2.45) is 0 Å². The van der Waals surface area contributed by atoms with E-state index in [1.807, 2.05) is 0 Å². The Bertz CT molecular complexity index is 1040. The molecule has 0 fully saturated rings. The average Bonchev–Trinajstić information content (AvgIpc) is 2.56. The van der Waals surface area contributed by atoms with Gasteiger partial charge >= 0.3 is 0 Å². The van der Waals surface area contributed by atoms with Crippen LogP contribution in [-0.2, 0) is 6.42 Å². The summed E-state index contributed by atoms with van der Waals surface area (Å²) >= 11 is 0. The molecule has 0 aliphatic rings. The van der Waals surface area contributed by atoms with Crippen LogP contribution in [0.1, 0.15) is 19.4 Å². The smallest absolute Gasteiger partial charge is 0.204 e. The molecule has 0 aliphatic heterocycles. The number of aromatic hydroxyl groups is 2. The van der Waals surface area contributed by atoms with Crippen LogP contribution in [0.5, 0.6) is 17.2 Å². The Kier molecular flexibility index (Phi) is 4.29. The van der Waals surface area contributed by atoms with Gasteiger partial charge in [0.2, 0.25) is 5.43 Å². The maximum atomic E-state index is 12.8. The molecule has 4 N–H and O–H groups in total. The van der Waals surface area contributed by atoms with Crippen LogP contribution in [0.25, 0.3) is 21.9 Å². The van der Waals surface area contributed by atoms with E-state index in [2.05, 4.69) is 0 Å². The van der Waals surface area contributed by atoms with Crippen molar-refractivity contribution in [3.05, 3.63) is 40.1 Å². The number of phenols is 2. The van der Waals surface area contributed by atoms with E-state index in [4.69, 9.17) is 9.15 Å². The molecule has 0 bridgehead atoms. The van der Waals surface area contributed by atoms with Crippen LogP contribution < -0.4 is 10.2 Å². The minimum atomic E-state index is -1.41. The van der Waals surface area contributed by atoms with Gasteiger partial charge in [0.15, 0.2) is 11.3 Å². The molecule has 0 radical (unpaired) electrons. The Hall–Kier alpha value is -2.77. The number of phenolic OH excluding ortho intramolecular Hbond substituents is 2. The summed E-state index contributed by atoms with van der Waals surface area (Å²) in [5.74, 6) is -0.369. The summed E-state index contributed by atoms with van der Waals surface area (Å²) in [5.41, 5.74) is -1.66. The van der Waals surface area contributed by atoms with Crippen molar-refractivity contribution in [1.82, 2.24) is 0 Å². The van der Waals surface area contributed by atoms with Crippen LogP contribution in [0.15, 0.2) is 33.5 Å². The summed E-state index contributed by atoms with van der Waals surface area (Å²) in [7, 11) is 1.37. The topological polar surface area (TPSA) is 120 Å². The molecule has 1 heterocycles. The second-order valence-corrected chi connectivity index (χ2v) is 6.74. The molecular weight excluding hydrogens is 340 g/mol. The zero-order valence-electron chi connectivity index (χ0n) is 14.6. The van der Waals surface area contributed by atoms with E-state index in [1.54, 1.807) is 0 Å². The van der Waals surface area contributed by atoms with Gasteiger partial charge in [0.1, 0.15) is 22.5 Å². The fraction of sp³-hybridized carbons (Fsp3) is 0.316. The van der Waals surface area contributed by atoms with E-state index in [-0.39, 0.29) is 45.6 Å². The van der Waals surface area contributed by atoms with Gasteiger partial charge in [-0.1, -0.05) is 6.07 Å². The molecule has 0 amide bonds. The number of methoxy groups -OCH3 is 1. The van der Waals surface area contributed by atoms with Crippen molar-refractivity contribution in [3.63, 3.8) is 0 Å². The van der Waals surface area contributed by atoms with Gasteiger partial charge in [-0.25, -0.2) is 0 Å². The predicted molar refractivity (Wildman–Crippen MR) is 95.9 cm³/mol. The highest BCUT2D eigenvalue weighted by Crippen LogP contribution is 2.38. The Morgan fingerprint density at radius 3 is 2.50 bits per heavy atom. The first kappa shape index (κ1) is 18.0. The molecule has 7 nitrogen and oxygen atoms in total. The molecular formula is C19H20O7. The number of fused-ring (bicyclic) bond motifs is 2. The van der Waals surface area contributed by atoms with Crippen LogP contribution in [0.2, 0.25) is 0 Å². The molecule has 7 heteroatoms. The number of rotatable bonds is 4. The third-order valence-corrected chi connectivity index (χ3v) is 4.43. The van der Waals surface area contributed by atoms with E-state index in [0.717, 1.165) is 0 Å². The van der Waals surface area contributed by atoms with Gasteiger partial charge in [0, 0.05) is 18.1 Å². The molecule has 1 aromatic heterocycles. The van der Waals surface area contributed by atoms with E-state index >= 15 is 0 Å². The van der Waals surface area contributed by atoms with E-state index in [1.165, 1.54) is 45.2 Å². The summed E-state index contributed by atoms with van der Waals surface area (Å²) in [6.45, 7) is 2.90. The number of hydrogen-bond donors (Lipinski definition) is 4. The van der Waals surface area contributed by atoms with Gasteiger partial charge in [-0.3, -0.25) is 4.79 Å². The Balaban J connectivity index is 2.42. The maximum absolute atomic E-state index is 12.8. The summed E-state index contributed by atoms with van der Waals surface area (Å²) < 4.78 is 11.0. The van der Waals surface area contributed by atoms with Crippen molar-refractivity contribution >= 4 is 21.9 Å². The molecule has 26 heavy (non-hydrogen) atoms. The fourth-order valence-electron chi connectivity index (χ4n) is 2.86. The minimum Gasteiger partial charge on any atom is -0.507 e. The number of ether oxygens (including phenoxy) is 1. The predicted octanol–water partition coefficient (Wildman–Crippen LogP) is 2.04. The van der Waals surface area contributed by atoms with Gasteiger partial charge in [-0.2, -0.15) is 0 Å². The Morgan fingerprint density at radius 2 is 1.88 bits per heavy atom. The highest BCUT2D eigenvalue weighted by Gasteiger charge is 2.29. The number of para-hydroxylation sites is 1. The molecule has 0 spiro atoms. The zero-order chi connectivity index (χ0) is 19.2. The number of aliphatic hydroxyl groups is 2. The minimum absolute atomic E-state index is 0.0100. The molecule has 3 aromatic rings. The summed E-state index contributed by atoms with van der Waals surface area (Å²) in [4.78, 5) is 12.8. The maximum Gasteiger partial charge on any atom is 0.204 e. The van der Waals surface area contributed by atoms with Gasteiger partial charge in [-0.05, 0) is 26.0 Å². The Labute approximate surface area is 148 Å². The third-order valence-electron chi connectivity index (χ3n) is 4.43. The number of hydrogen-bond acceptors (Lipinski definition) is 7. The van der Waals surface area contributed by atoms with Gasteiger partial charge < -0.3 is 29.6 Å². The van der Waals surface area contributed by atoms with Crippen molar-refractivity contribution in [2.45, 2.75) is 32.0 Å². The molecule has 0 saturated heterocycles. The van der Waals surface area contributed by atoms with Crippen LogP contribution in [-0.4, -0.2) is 39.2 Å². The van der Waals surface area contributed by atoms with Gasteiger partial charge in [0.25, 0.3) is 0 Å². The Morgan fingerprint density at radius 1 is 1.19 bits per heavy atom. The largest absolute Gasteiger partial charge is 0.507 e. The average molecular weight is 360 g/mol. The highest BCUT2D eigenvalue weighted by molar-refractivity contribution is 5.97. The summed E-state index contributed by atoms with van der Waals surface area (Å²) in [6, 6.07) is 5.62. The molecule has 3 rings (SSSR count). The first-order valence-corrected chi connectivity index (χ1v) is 8.03. The highest BCUT2D eigenvalue weighted by atomic mass is 16.5. The quantitative estimate of drug-likeness (QED) is 0.526. The lowest BCUT2D eigenvalue weighted by Crippen LogP contribution is -2.37. The molecule has 0 saturated carbocycles. The fourth-order valence-corrected chi connectivity index (χ4v) is 2.86. The zero-order valence-corrected chi connectivity index (χ0v) is 14.6. The third kappa shape index (κ3) is 2.85. The van der Waals surface area contributed by atoms with Crippen molar-refractivity contribution < 1.29 is 29.6 Å². The van der Waals surface area contributed by atoms with Crippen LogP contribution in [0, 0.1) is 0 Å². The molecule has 1 atom stereocenters. The normalized spacial score (nSPS) is 13.3. The van der Waals surface area contributed by atoms with Crippen molar-refractivity contribution in [1.29, 1.82) is 0 Å². The molecule has 138 valence electrons. The van der Waals surface area contributed by atoms with Gasteiger partial charge in [0.05, 0.1) is 24.2 Å². The van der Waals surface area contributed by atoms with Crippen molar-refractivity contribution in [3.8, 4) is 17.2 Å². The first-order valence-electron chi connectivity index (χ1n) is 8.03. The van der Waals surface area contributed by atoms with Crippen LogP contribution >= 0.6 is 0 Å². The van der Waals surface area contributed by atoms with Crippen LogP contribution in [0.3, 0.4) is 0 Å². The monoisotopic (exact) mass is 360 g/mol. The molecule has 0 unspecified atom stereocenters. The molecule has 0 aliphatic carbocycles. The molecule has 2 aromatic carbocycles. The summed E-state index contributed by atoms with van der Waals surface area (Å²) in [6.07, 6.45) is -1.28. The first-order chi connectivity index (χ1) is 12.1. The lowest BCUT2D eigenvalue weighted by atomic mass is 9.93. The lowest BCUT2D eigenvalue weighted by Gasteiger charge is -2.25. The lowest BCUT2D eigenvalue weighted by molar-refractivity contribution is -0.0470. The number of aliphatic hydroxyl groups excluding tert-OH is 1.